The highest BCUT2D eigenvalue weighted by atomic mass is 19.1. The van der Waals surface area contributed by atoms with Crippen LogP contribution in [-0.4, -0.2) is 0 Å². The van der Waals surface area contributed by atoms with Gasteiger partial charge in [0.05, 0.1) is 0 Å². The van der Waals surface area contributed by atoms with Crippen molar-refractivity contribution < 1.29 is 9.13 Å². The Morgan fingerprint density at radius 1 is 1.05 bits per heavy atom. The van der Waals surface area contributed by atoms with E-state index < -0.39 is 0 Å². The molecule has 0 aromatic heterocycles. The SMILES string of the molecule is CC(C)c1ccc(COc2ccc(F)cc2[C@H](C)N)cc1. The second-order valence-electron chi connectivity index (χ2n) is 5.66. The van der Waals surface area contributed by atoms with E-state index in [1.807, 2.05) is 6.92 Å². The largest absolute Gasteiger partial charge is 0.489 e. The van der Waals surface area contributed by atoms with Gasteiger partial charge in [0, 0.05) is 11.6 Å². The molecule has 3 heteroatoms. The molecule has 0 spiro atoms. The Kier molecular flexibility index (Phi) is 4.97. The highest BCUT2D eigenvalue weighted by Gasteiger charge is 2.10. The second-order valence-corrected chi connectivity index (χ2v) is 5.66. The Balaban J connectivity index is 2.09. The number of nitrogens with two attached hydrogens (primary N) is 1. The molecule has 2 rings (SSSR count). The summed E-state index contributed by atoms with van der Waals surface area (Å²) in [4.78, 5) is 0. The van der Waals surface area contributed by atoms with Gasteiger partial charge in [-0.2, -0.15) is 0 Å². The second kappa shape index (κ2) is 6.72. The van der Waals surface area contributed by atoms with Gasteiger partial charge in [0.1, 0.15) is 18.2 Å². The molecule has 0 heterocycles. The quantitative estimate of drug-likeness (QED) is 0.875. The average Bonchev–Trinajstić information content (AvgIpc) is 2.46. The third kappa shape index (κ3) is 4.05. The molecule has 0 bridgehead atoms. The lowest BCUT2D eigenvalue weighted by Gasteiger charge is -2.14. The summed E-state index contributed by atoms with van der Waals surface area (Å²) in [6, 6.07) is 12.5. The predicted molar refractivity (Wildman–Crippen MR) is 83.9 cm³/mol. The molecule has 0 fully saturated rings. The fourth-order valence-corrected chi connectivity index (χ4v) is 2.17. The number of benzene rings is 2. The van der Waals surface area contributed by atoms with Gasteiger partial charge in [-0.1, -0.05) is 38.1 Å². The lowest BCUT2D eigenvalue weighted by molar-refractivity contribution is 0.301. The molecule has 2 nitrogen and oxygen atoms in total. The lowest BCUT2D eigenvalue weighted by atomic mass is 10.0. The number of halogens is 1. The maximum absolute atomic E-state index is 13.3. The van der Waals surface area contributed by atoms with E-state index in [1.54, 1.807) is 6.07 Å². The molecule has 0 amide bonds. The number of rotatable bonds is 5. The molecule has 112 valence electrons. The van der Waals surface area contributed by atoms with Gasteiger partial charge in [0.15, 0.2) is 0 Å². The minimum Gasteiger partial charge on any atom is -0.489 e. The number of hydrogen-bond acceptors (Lipinski definition) is 2. The van der Waals surface area contributed by atoms with Gasteiger partial charge >= 0.3 is 0 Å². The maximum atomic E-state index is 13.3. The molecule has 0 radical (unpaired) electrons. The predicted octanol–water partition coefficient (Wildman–Crippen LogP) is 4.55. The van der Waals surface area contributed by atoms with Gasteiger partial charge in [-0.3, -0.25) is 0 Å². The van der Waals surface area contributed by atoms with E-state index in [0.29, 0.717) is 23.8 Å². The fraction of sp³-hybridized carbons (Fsp3) is 0.333. The van der Waals surface area contributed by atoms with Crippen molar-refractivity contribution >= 4 is 0 Å². The summed E-state index contributed by atoms with van der Waals surface area (Å²) in [5.41, 5.74) is 8.93. The zero-order chi connectivity index (χ0) is 15.4. The summed E-state index contributed by atoms with van der Waals surface area (Å²) < 4.78 is 19.1. The molecule has 0 aliphatic heterocycles. The van der Waals surface area contributed by atoms with Crippen LogP contribution in [0.2, 0.25) is 0 Å². The Bertz CT molecular complexity index is 591. The molecule has 0 aliphatic carbocycles. The Morgan fingerprint density at radius 3 is 2.29 bits per heavy atom. The van der Waals surface area contributed by atoms with E-state index in [2.05, 4.69) is 38.1 Å². The third-order valence-electron chi connectivity index (χ3n) is 3.50. The first-order valence-corrected chi connectivity index (χ1v) is 7.24. The first-order valence-electron chi connectivity index (χ1n) is 7.24. The Morgan fingerprint density at radius 2 is 1.71 bits per heavy atom. The first-order chi connectivity index (χ1) is 9.97. The fourth-order valence-electron chi connectivity index (χ4n) is 2.17. The van der Waals surface area contributed by atoms with Crippen molar-refractivity contribution in [2.45, 2.75) is 39.3 Å². The summed E-state index contributed by atoms with van der Waals surface area (Å²) in [5, 5.41) is 0. The van der Waals surface area contributed by atoms with E-state index in [4.69, 9.17) is 10.5 Å². The molecule has 2 aromatic carbocycles. The van der Waals surface area contributed by atoms with Crippen LogP contribution in [0, 0.1) is 5.82 Å². The van der Waals surface area contributed by atoms with Crippen LogP contribution in [0.3, 0.4) is 0 Å². The topological polar surface area (TPSA) is 35.2 Å². The van der Waals surface area contributed by atoms with Gasteiger partial charge in [0.25, 0.3) is 0 Å². The van der Waals surface area contributed by atoms with Crippen molar-refractivity contribution in [1.29, 1.82) is 0 Å². The van der Waals surface area contributed by atoms with Crippen LogP contribution in [0.15, 0.2) is 42.5 Å². The molecule has 2 aromatic rings. The molecule has 0 aliphatic rings. The summed E-state index contributed by atoms with van der Waals surface area (Å²) in [6.07, 6.45) is 0. The van der Waals surface area contributed by atoms with Crippen molar-refractivity contribution in [3.8, 4) is 5.75 Å². The van der Waals surface area contributed by atoms with Gasteiger partial charge in [-0.15, -0.1) is 0 Å². The van der Waals surface area contributed by atoms with E-state index in [9.17, 15) is 4.39 Å². The van der Waals surface area contributed by atoms with Gasteiger partial charge in [-0.25, -0.2) is 4.39 Å². The minimum absolute atomic E-state index is 0.265. The van der Waals surface area contributed by atoms with Gasteiger partial charge in [-0.05, 0) is 42.2 Å². The lowest BCUT2D eigenvalue weighted by Crippen LogP contribution is -2.08. The van der Waals surface area contributed by atoms with E-state index >= 15 is 0 Å². The number of ether oxygens (including phenoxy) is 1. The van der Waals surface area contributed by atoms with Crippen molar-refractivity contribution in [1.82, 2.24) is 0 Å². The van der Waals surface area contributed by atoms with Crippen LogP contribution in [0.5, 0.6) is 5.75 Å². The summed E-state index contributed by atoms with van der Waals surface area (Å²) in [5.74, 6) is 0.858. The standard InChI is InChI=1S/C18H22FNO/c1-12(2)15-6-4-14(5-7-15)11-21-18-9-8-16(19)10-17(18)13(3)20/h4-10,12-13H,11,20H2,1-3H3/t13-/m0/s1. The zero-order valence-corrected chi connectivity index (χ0v) is 12.8. The van der Waals surface area contributed by atoms with Crippen molar-refractivity contribution in [3.63, 3.8) is 0 Å². The van der Waals surface area contributed by atoms with E-state index in [0.717, 1.165) is 5.56 Å². The van der Waals surface area contributed by atoms with Gasteiger partial charge < -0.3 is 10.5 Å². The molecule has 21 heavy (non-hydrogen) atoms. The summed E-state index contributed by atoms with van der Waals surface area (Å²) in [6.45, 7) is 6.60. The Hall–Kier alpha value is -1.87. The smallest absolute Gasteiger partial charge is 0.124 e. The molecular formula is C18H22FNO. The molecular weight excluding hydrogens is 265 g/mol. The zero-order valence-electron chi connectivity index (χ0n) is 12.8. The van der Waals surface area contributed by atoms with E-state index in [-0.39, 0.29) is 11.9 Å². The van der Waals surface area contributed by atoms with Crippen molar-refractivity contribution in [2.24, 2.45) is 5.73 Å². The van der Waals surface area contributed by atoms with Crippen LogP contribution in [-0.2, 0) is 6.61 Å². The van der Waals surface area contributed by atoms with Crippen molar-refractivity contribution in [3.05, 3.63) is 65.0 Å². The number of hydrogen-bond donors (Lipinski definition) is 1. The van der Waals surface area contributed by atoms with Crippen LogP contribution < -0.4 is 10.5 Å². The van der Waals surface area contributed by atoms with Crippen LogP contribution >= 0.6 is 0 Å². The minimum atomic E-state index is -0.295. The normalized spacial score (nSPS) is 12.5. The summed E-state index contributed by atoms with van der Waals surface area (Å²) in [7, 11) is 0. The van der Waals surface area contributed by atoms with E-state index in [1.165, 1.54) is 17.7 Å². The maximum Gasteiger partial charge on any atom is 0.124 e. The van der Waals surface area contributed by atoms with Gasteiger partial charge in [0.2, 0.25) is 0 Å². The highest BCUT2D eigenvalue weighted by molar-refractivity contribution is 5.36. The van der Waals surface area contributed by atoms with Crippen LogP contribution in [0.4, 0.5) is 4.39 Å². The monoisotopic (exact) mass is 287 g/mol. The Labute approximate surface area is 125 Å². The highest BCUT2D eigenvalue weighted by Crippen LogP contribution is 2.25. The third-order valence-corrected chi connectivity index (χ3v) is 3.50. The molecule has 0 unspecified atom stereocenters. The van der Waals surface area contributed by atoms with Crippen molar-refractivity contribution in [2.75, 3.05) is 0 Å². The average molecular weight is 287 g/mol. The van der Waals surface area contributed by atoms with Crippen LogP contribution in [0.25, 0.3) is 0 Å². The first kappa shape index (κ1) is 15.5. The molecule has 2 N–H and O–H groups in total. The summed E-state index contributed by atoms with van der Waals surface area (Å²) >= 11 is 0. The molecule has 1 atom stereocenters. The van der Waals surface area contributed by atoms with Crippen LogP contribution in [0.1, 0.15) is 49.4 Å². The molecule has 0 saturated carbocycles. The molecule has 0 saturated heterocycles.